The van der Waals surface area contributed by atoms with Gasteiger partial charge in [-0.15, -0.1) is 11.8 Å². The van der Waals surface area contributed by atoms with Crippen LogP contribution in [0.2, 0.25) is 0 Å². The number of fused-ring (bicyclic) bond motifs is 1. The van der Waals surface area contributed by atoms with Crippen LogP contribution in [0.1, 0.15) is 16.7 Å². The Hall–Kier alpha value is -1.94. The quantitative estimate of drug-likeness (QED) is 0.831. The fourth-order valence-electron chi connectivity index (χ4n) is 2.11. The summed E-state index contributed by atoms with van der Waals surface area (Å²) in [4.78, 5) is 4.64. The smallest absolute Gasteiger partial charge is 0.129 e. The lowest BCUT2D eigenvalue weighted by atomic mass is 10.1. The van der Waals surface area contributed by atoms with Crippen molar-refractivity contribution in [3.63, 3.8) is 0 Å². The van der Waals surface area contributed by atoms with Crippen LogP contribution in [0.15, 0.2) is 41.4 Å². The van der Waals surface area contributed by atoms with E-state index in [2.05, 4.69) is 11.1 Å². The van der Waals surface area contributed by atoms with E-state index < -0.39 is 0 Å². The largest absolute Gasteiger partial charge is 0.508 e. The molecule has 0 saturated heterocycles. The van der Waals surface area contributed by atoms with Crippen molar-refractivity contribution in [2.75, 3.05) is 0 Å². The Kier molecular flexibility index (Phi) is 2.95. The van der Waals surface area contributed by atoms with Gasteiger partial charge in [0.25, 0.3) is 0 Å². The summed E-state index contributed by atoms with van der Waals surface area (Å²) < 4.78 is 0. The van der Waals surface area contributed by atoms with Crippen molar-refractivity contribution in [1.29, 1.82) is 0 Å². The minimum absolute atomic E-state index is 0.0549. The first-order valence-electron chi connectivity index (χ1n) is 5.97. The third-order valence-electron chi connectivity index (χ3n) is 3.11. The normalized spacial score (nSPS) is 13.8. The van der Waals surface area contributed by atoms with E-state index in [1.54, 1.807) is 23.9 Å². The van der Waals surface area contributed by atoms with E-state index in [0.29, 0.717) is 5.56 Å². The van der Waals surface area contributed by atoms with Crippen LogP contribution in [0.4, 0.5) is 5.69 Å². The molecule has 1 aliphatic rings. The van der Waals surface area contributed by atoms with Crippen LogP contribution in [0.5, 0.6) is 11.5 Å². The average Bonchev–Trinajstić information content (AvgIpc) is 2.39. The number of benzene rings is 2. The molecule has 0 saturated carbocycles. The van der Waals surface area contributed by atoms with Crippen LogP contribution in [0.3, 0.4) is 0 Å². The summed E-state index contributed by atoms with van der Waals surface area (Å²) in [6.07, 6.45) is 0. The molecular weight excluding hydrogens is 258 g/mol. The first-order valence-corrected chi connectivity index (χ1v) is 6.96. The second-order valence-corrected chi connectivity index (χ2v) is 5.45. The predicted octanol–water partition coefficient (Wildman–Crippen LogP) is 3.73. The Morgan fingerprint density at radius 2 is 2.00 bits per heavy atom. The molecular formula is C15H13NO2S. The number of phenolic OH excluding ortho intramolecular Hbond substituents is 2. The van der Waals surface area contributed by atoms with Crippen LogP contribution in [-0.4, -0.2) is 15.3 Å². The highest BCUT2D eigenvalue weighted by atomic mass is 32.2. The second kappa shape index (κ2) is 4.63. The van der Waals surface area contributed by atoms with Gasteiger partial charge >= 0.3 is 0 Å². The monoisotopic (exact) mass is 271 g/mol. The number of aliphatic imine (C=N–C) groups is 1. The highest BCUT2D eigenvalue weighted by Gasteiger charge is 2.17. The summed E-state index contributed by atoms with van der Waals surface area (Å²) in [6, 6.07) is 10.7. The standard InChI is InChI=1S/C15H13NO2S/c1-9-3-2-4-10-8-19-15(16-14(9)10)12-6-5-11(17)7-13(12)18/h2-7,17-18H,8H2,1H3. The number of para-hydroxylation sites is 1. The van der Waals surface area contributed by atoms with Crippen LogP contribution < -0.4 is 0 Å². The number of aromatic hydroxyl groups is 2. The van der Waals surface area contributed by atoms with Crippen molar-refractivity contribution in [2.24, 2.45) is 4.99 Å². The summed E-state index contributed by atoms with van der Waals surface area (Å²) in [6.45, 7) is 2.03. The molecule has 19 heavy (non-hydrogen) atoms. The minimum atomic E-state index is 0.0549. The van der Waals surface area contributed by atoms with Crippen molar-refractivity contribution >= 4 is 22.5 Å². The summed E-state index contributed by atoms with van der Waals surface area (Å²) in [5, 5.41) is 20.0. The van der Waals surface area contributed by atoms with Gasteiger partial charge in [0.05, 0.1) is 5.69 Å². The average molecular weight is 271 g/mol. The van der Waals surface area contributed by atoms with Crippen LogP contribution in [-0.2, 0) is 5.75 Å². The predicted molar refractivity (Wildman–Crippen MR) is 78.4 cm³/mol. The number of thioether (sulfide) groups is 1. The Morgan fingerprint density at radius 3 is 2.79 bits per heavy atom. The van der Waals surface area contributed by atoms with E-state index in [0.717, 1.165) is 22.0 Å². The van der Waals surface area contributed by atoms with E-state index >= 15 is 0 Å². The summed E-state index contributed by atoms with van der Waals surface area (Å²) in [7, 11) is 0. The van der Waals surface area contributed by atoms with Crippen LogP contribution in [0, 0.1) is 6.92 Å². The molecule has 4 heteroatoms. The first kappa shape index (κ1) is 12.1. The molecule has 0 aromatic heterocycles. The van der Waals surface area contributed by atoms with Crippen LogP contribution in [0.25, 0.3) is 0 Å². The fraction of sp³-hybridized carbons (Fsp3) is 0.133. The molecule has 2 aromatic rings. The molecule has 0 bridgehead atoms. The molecule has 3 nitrogen and oxygen atoms in total. The Balaban J connectivity index is 2.10. The highest BCUT2D eigenvalue weighted by molar-refractivity contribution is 8.13. The van der Waals surface area contributed by atoms with Crippen molar-refractivity contribution in [1.82, 2.24) is 0 Å². The van der Waals surface area contributed by atoms with Gasteiger partial charge in [0.2, 0.25) is 0 Å². The van der Waals surface area contributed by atoms with E-state index in [1.165, 1.54) is 11.6 Å². The lowest BCUT2D eigenvalue weighted by Gasteiger charge is -2.17. The maximum absolute atomic E-state index is 9.91. The van der Waals surface area contributed by atoms with Crippen molar-refractivity contribution in [3.8, 4) is 11.5 Å². The molecule has 2 aromatic carbocycles. The van der Waals surface area contributed by atoms with Gasteiger partial charge in [-0.3, -0.25) is 0 Å². The minimum Gasteiger partial charge on any atom is -0.508 e. The molecule has 0 aliphatic carbocycles. The summed E-state index contributed by atoms with van der Waals surface area (Å²) in [5.41, 5.74) is 4.00. The molecule has 0 unspecified atom stereocenters. The maximum Gasteiger partial charge on any atom is 0.129 e. The van der Waals surface area contributed by atoms with Gasteiger partial charge in [0.1, 0.15) is 16.5 Å². The molecule has 0 spiro atoms. The number of nitrogens with zero attached hydrogens (tertiary/aromatic N) is 1. The third kappa shape index (κ3) is 2.19. The van der Waals surface area contributed by atoms with Gasteiger partial charge in [0.15, 0.2) is 0 Å². The van der Waals surface area contributed by atoms with E-state index in [9.17, 15) is 10.2 Å². The van der Waals surface area contributed by atoms with Crippen molar-refractivity contribution in [2.45, 2.75) is 12.7 Å². The highest BCUT2D eigenvalue weighted by Crippen LogP contribution is 2.37. The zero-order valence-corrected chi connectivity index (χ0v) is 11.2. The van der Waals surface area contributed by atoms with Gasteiger partial charge in [0, 0.05) is 17.4 Å². The number of rotatable bonds is 1. The molecule has 0 fully saturated rings. The van der Waals surface area contributed by atoms with Gasteiger partial charge in [-0.2, -0.15) is 0 Å². The topological polar surface area (TPSA) is 52.8 Å². The third-order valence-corrected chi connectivity index (χ3v) is 4.15. The van der Waals surface area contributed by atoms with Gasteiger partial charge in [-0.25, -0.2) is 4.99 Å². The van der Waals surface area contributed by atoms with E-state index in [4.69, 9.17) is 0 Å². The number of hydrogen-bond donors (Lipinski definition) is 2. The lowest BCUT2D eigenvalue weighted by Crippen LogP contribution is -2.02. The fourth-order valence-corrected chi connectivity index (χ4v) is 3.12. The lowest BCUT2D eigenvalue weighted by molar-refractivity contribution is 0.450. The molecule has 1 heterocycles. The maximum atomic E-state index is 9.91. The van der Waals surface area contributed by atoms with Gasteiger partial charge in [-0.05, 0) is 30.2 Å². The summed E-state index contributed by atoms with van der Waals surface area (Å²) >= 11 is 1.60. The Labute approximate surface area is 115 Å². The van der Waals surface area contributed by atoms with Crippen molar-refractivity contribution < 1.29 is 10.2 Å². The van der Waals surface area contributed by atoms with E-state index in [-0.39, 0.29) is 11.5 Å². The molecule has 0 radical (unpaired) electrons. The Bertz CT molecular complexity index is 680. The number of phenols is 2. The van der Waals surface area contributed by atoms with E-state index in [1.807, 2.05) is 19.1 Å². The number of aryl methyl sites for hydroxylation is 1. The molecule has 96 valence electrons. The molecule has 0 amide bonds. The molecule has 1 aliphatic heterocycles. The first-order chi connectivity index (χ1) is 9.15. The summed E-state index contributed by atoms with van der Waals surface area (Å²) in [5.74, 6) is 0.957. The molecule has 2 N–H and O–H groups in total. The number of hydrogen-bond acceptors (Lipinski definition) is 4. The zero-order valence-electron chi connectivity index (χ0n) is 10.4. The Morgan fingerprint density at radius 1 is 1.16 bits per heavy atom. The van der Waals surface area contributed by atoms with Gasteiger partial charge < -0.3 is 10.2 Å². The van der Waals surface area contributed by atoms with Gasteiger partial charge in [-0.1, -0.05) is 18.2 Å². The zero-order chi connectivity index (χ0) is 13.4. The van der Waals surface area contributed by atoms with Crippen molar-refractivity contribution in [3.05, 3.63) is 53.1 Å². The molecule has 0 atom stereocenters. The second-order valence-electron chi connectivity index (χ2n) is 4.49. The molecule has 3 rings (SSSR count). The SMILES string of the molecule is Cc1cccc2c1N=C(c1ccc(O)cc1O)SC2. The van der Waals surface area contributed by atoms with Crippen LogP contribution >= 0.6 is 11.8 Å².